The molecule has 0 aliphatic rings. The average molecular weight is 330 g/mol. The van der Waals surface area contributed by atoms with E-state index in [0.717, 1.165) is 5.56 Å². The van der Waals surface area contributed by atoms with Crippen molar-refractivity contribution in [2.45, 2.75) is 6.92 Å². The highest BCUT2D eigenvalue weighted by Gasteiger charge is 2.09. The van der Waals surface area contributed by atoms with Crippen molar-refractivity contribution in [3.8, 4) is 11.6 Å². The largest absolute Gasteiger partial charge is 0.436 e. The number of rotatable bonds is 3. The fourth-order valence-corrected chi connectivity index (χ4v) is 1.71. The molecule has 2 aromatic rings. The van der Waals surface area contributed by atoms with Crippen LogP contribution in [0.25, 0.3) is 0 Å². The monoisotopic (exact) mass is 328 g/mol. The second kappa shape index (κ2) is 5.51. The third kappa shape index (κ3) is 2.90. The molecule has 0 aliphatic carbocycles. The van der Waals surface area contributed by atoms with Crippen molar-refractivity contribution in [1.29, 1.82) is 0 Å². The molecular formula is C11H10BrClN4O. The topological polar surface area (TPSA) is 73.1 Å². The summed E-state index contributed by atoms with van der Waals surface area (Å²) in [7, 11) is 0. The van der Waals surface area contributed by atoms with Crippen LogP contribution >= 0.6 is 27.5 Å². The van der Waals surface area contributed by atoms with Crippen LogP contribution in [-0.4, -0.2) is 9.97 Å². The van der Waals surface area contributed by atoms with Gasteiger partial charge in [-0.05, 0) is 40.5 Å². The van der Waals surface area contributed by atoms with Crippen LogP contribution < -0.4 is 16.0 Å². The van der Waals surface area contributed by atoms with E-state index in [2.05, 4.69) is 31.3 Å². The lowest BCUT2D eigenvalue weighted by Gasteiger charge is -2.09. The van der Waals surface area contributed by atoms with Gasteiger partial charge >= 0.3 is 0 Å². The van der Waals surface area contributed by atoms with Crippen LogP contribution in [-0.2, 0) is 0 Å². The van der Waals surface area contributed by atoms with E-state index in [4.69, 9.17) is 22.2 Å². The van der Waals surface area contributed by atoms with Gasteiger partial charge in [-0.25, -0.2) is 10.8 Å². The Bertz CT molecular complexity index is 579. The highest BCUT2D eigenvalue weighted by atomic mass is 79.9. The molecule has 1 heterocycles. The number of benzene rings is 1. The summed E-state index contributed by atoms with van der Waals surface area (Å²) in [5, 5.41) is 0.508. The quantitative estimate of drug-likeness (QED) is 0.668. The minimum absolute atomic E-state index is 0.261. The zero-order valence-corrected chi connectivity index (χ0v) is 11.8. The molecule has 7 heteroatoms. The van der Waals surface area contributed by atoms with Crippen LogP contribution in [0.3, 0.4) is 0 Å². The van der Waals surface area contributed by atoms with E-state index >= 15 is 0 Å². The van der Waals surface area contributed by atoms with Crippen LogP contribution in [0.5, 0.6) is 11.6 Å². The van der Waals surface area contributed by atoms with Crippen molar-refractivity contribution < 1.29 is 4.74 Å². The van der Waals surface area contributed by atoms with Gasteiger partial charge in [0.15, 0.2) is 0 Å². The Balaban J connectivity index is 2.36. The predicted octanol–water partition coefficient (Wildman–Crippen LogP) is 3.28. The van der Waals surface area contributed by atoms with Crippen molar-refractivity contribution >= 4 is 33.5 Å². The van der Waals surface area contributed by atoms with Gasteiger partial charge < -0.3 is 4.74 Å². The second-order valence-corrected chi connectivity index (χ2v) is 4.79. The molecule has 3 N–H and O–H groups in total. The van der Waals surface area contributed by atoms with Crippen molar-refractivity contribution in [2.75, 3.05) is 5.43 Å². The SMILES string of the molecule is Cc1ccc(Cl)c(Oc2nc(NN)ncc2Br)c1. The van der Waals surface area contributed by atoms with E-state index in [0.29, 0.717) is 21.1 Å². The molecule has 0 aliphatic heterocycles. The molecule has 0 fully saturated rings. The maximum Gasteiger partial charge on any atom is 0.240 e. The third-order valence-electron chi connectivity index (χ3n) is 2.13. The highest BCUT2D eigenvalue weighted by Crippen LogP contribution is 2.32. The molecule has 1 aromatic carbocycles. The molecule has 0 unspecified atom stereocenters. The summed E-state index contributed by atoms with van der Waals surface area (Å²) in [6, 6.07) is 5.49. The smallest absolute Gasteiger partial charge is 0.240 e. The highest BCUT2D eigenvalue weighted by molar-refractivity contribution is 9.10. The maximum absolute atomic E-state index is 6.05. The van der Waals surface area contributed by atoms with Gasteiger partial charge in [0, 0.05) is 0 Å². The van der Waals surface area contributed by atoms with Crippen LogP contribution in [0.2, 0.25) is 5.02 Å². The first-order valence-electron chi connectivity index (χ1n) is 5.03. The first-order valence-corrected chi connectivity index (χ1v) is 6.20. The molecule has 94 valence electrons. The maximum atomic E-state index is 6.05. The summed E-state index contributed by atoms with van der Waals surface area (Å²) in [5.74, 6) is 6.37. The van der Waals surface area contributed by atoms with Crippen molar-refractivity contribution in [3.05, 3.63) is 39.5 Å². The number of nitrogens with one attached hydrogen (secondary N) is 1. The number of hydrogen-bond acceptors (Lipinski definition) is 5. The molecule has 0 atom stereocenters. The van der Waals surface area contributed by atoms with Gasteiger partial charge in [-0.3, -0.25) is 5.43 Å². The van der Waals surface area contributed by atoms with Gasteiger partial charge in [0.2, 0.25) is 11.8 Å². The number of aromatic nitrogens is 2. The van der Waals surface area contributed by atoms with E-state index < -0.39 is 0 Å². The van der Waals surface area contributed by atoms with Gasteiger partial charge in [-0.15, -0.1) is 0 Å². The molecule has 0 saturated heterocycles. The number of aryl methyl sites for hydroxylation is 1. The summed E-state index contributed by atoms with van der Waals surface area (Å²) < 4.78 is 6.25. The van der Waals surface area contributed by atoms with Crippen LogP contribution in [0.4, 0.5) is 5.95 Å². The average Bonchev–Trinajstić information content (AvgIpc) is 2.36. The normalized spacial score (nSPS) is 10.2. The molecule has 2 rings (SSSR count). The van der Waals surface area contributed by atoms with E-state index in [1.807, 2.05) is 19.1 Å². The lowest BCUT2D eigenvalue weighted by molar-refractivity contribution is 0.459. The number of nitrogens with two attached hydrogens (primary N) is 1. The van der Waals surface area contributed by atoms with Crippen molar-refractivity contribution in [3.63, 3.8) is 0 Å². The summed E-state index contributed by atoms with van der Waals surface area (Å²) in [6.45, 7) is 1.95. The first kappa shape index (κ1) is 13.1. The van der Waals surface area contributed by atoms with Gasteiger partial charge in [0.05, 0.1) is 15.7 Å². The number of nitrogens with zero attached hydrogens (tertiary/aromatic N) is 2. The number of hydrogen-bond donors (Lipinski definition) is 2. The molecule has 5 nitrogen and oxygen atoms in total. The lowest BCUT2D eigenvalue weighted by Crippen LogP contribution is -2.10. The van der Waals surface area contributed by atoms with E-state index in [9.17, 15) is 0 Å². The minimum Gasteiger partial charge on any atom is -0.436 e. The second-order valence-electron chi connectivity index (χ2n) is 3.53. The fourth-order valence-electron chi connectivity index (χ4n) is 1.29. The zero-order chi connectivity index (χ0) is 13.1. The van der Waals surface area contributed by atoms with Crippen LogP contribution in [0.15, 0.2) is 28.9 Å². The minimum atomic E-state index is 0.261. The first-order chi connectivity index (χ1) is 8.60. The van der Waals surface area contributed by atoms with Gasteiger partial charge in [-0.2, -0.15) is 4.98 Å². The van der Waals surface area contributed by atoms with E-state index in [1.165, 1.54) is 0 Å². The van der Waals surface area contributed by atoms with Crippen molar-refractivity contribution in [1.82, 2.24) is 9.97 Å². The van der Waals surface area contributed by atoms with E-state index in [1.54, 1.807) is 12.3 Å². The number of anilines is 1. The number of halogens is 2. The molecule has 18 heavy (non-hydrogen) atoms. The Morgan fingerprint density at radius 1 is 1.44 bits per heavy atom. The molecule has 0 amide bonds. The van der Waals surface area contributed by atoms with Gasteiger partial charge in [0.1, 0.15) is 5.75 Å². The lowest BCUT2D eigenvalue weighted by atomic mass is 10.2. The fraction of sp³-hybridized carbons (Fsp3) is 0.0909. The predicted molar refractivity (Wildman–Crippen MR) is 73.8 cm³/mol. The number of nitrogen functional groups attached to an aromatic ring is 1. The molecular weight excluding hydrogens is 320 g/mol. The van der Waals surface area contributed by atoms with Gasteiger partial charge in [-0.1, -0.05) is 17.7 Å². The summed E-state index contributed by atoms with van der Waals surface area (Å²) in [6.07, 6.45) is 1.54. The Kier molecular flexibility index (Phi) is 4.00. The molecule has 0 spiro atoms. The molecule has 0 radical (unpaired) electrons. The Morgan fingerprint density at radius 3 is 2.94 bits per heavy atom. The molecule has 0 bridgehead atoms. The Labute approximate surface area is 117 Å². The third-order valence-corrected chi connectivity index (χ3v) is 2.99. The Hall–Kier alpha value is -1.37. The summed E-state index contributed by atoms with van der Waals surface area (Å²) in [4.78, 5) is 8.01. The molecule has 1 aromatic heterocycles. The molecule has 0 saturated carbocycles. The summed E-state index contributed by atoms with van der Waals surface area (Å²) in [5.41, 5.74) is 3.39. The summed E-state index contributed by atoms with van der Waals surface area (Å²) >= 11 is 9.35. The standard InChI is InChI=1S/C11H10BrClN4O/c1-6-2-3-8(13)9(4-6)18-10-7(12)5-15-11(16-10)17-14/h2-5H,14H2,1H3,(H,15,16,17). The van der Waals surface area contributed by atoms with Crippen LogP contribution in [0.1, 0.15) is 5.56 Å². The van der Waals surface area contributed by atoms with Gasteiger partial charge in [0.25, 0.3) is 0 Å². The van der Waals surface area contributed by atoms with Crippen molar-refractivity contribution in [2.24, 2.45) is 5.84 Å². The van der Waals surface area contributed by atoms with E-state index in [-0.39, 0.29) is 5.95 Å². The Morgan fingerprint density at radius 2 is 2.22 bits per heavy atom. The van der Waals surface area contributed by atoms with Crippen LogP contribution in [0, 0.1) is 6.92 Å². The zero-order valence-electron chi connectivity index (χ0n) is 9.45. The number of ether oxygens (including phenoxy) is 1. The number of hydrazine groups is 1.